The standard InChI is InChI=1S/C19H14Cl2N2O3/c20-15-7-14(8-16(21)10-15)19(25)23-22-18(24)11-26-17-6-5-12-3-1-2-4-13(12)9-17/h1-10H,11H2,(H,22,24)(H,23,25). The third kappa shape index (κ3) is 4.65. The molecule has 3 aromatic carbocycles. The summed E-state index contributed by atoms with van der Waals surface area (Å²) in [6.07, 6.45) is 0. The fraction of sp³-hybridized carbons (Fsp3) is 0.0526. The van der Waals surface area contributed by atoms with Gasteiger partial charge in [0.2, 0.25) is 0 Å². The molecular weight excluding hydrogens is 375 g/mol. The highest BCUT2D eigenvalue weighted by Gasteiger charge is 2.10. The second kappa shape index (κ2) is 8.08. The van der Waals surface area contributed by atoms with E-state index in [1.54, 1.807) is 6.07 Å². The molecule has 2 N–H and O–H groups in total. The van der Waals surface area contributed by atoms with E-state index in [-0.39, 0.29) is 12.2 Å². The number of carbonyl (C=O) groups excluding carboxylic acids is 2. The van der Waals surface area contributed by atoms with Crippen LogP contribution in [0.5, 0.6) is 5.75 Å². The lowest BCUT2D eigenvalue weighted by molar-refractivity contribution is -0.123. The molecular formula is C19H14Cl2N2O3. The van der Waals surface area contributed by atoms with Crippen LogP contribution in [0.4, 0.5) is 0 Å². The highest BCUT2D eigenvalue weighted by atomic mass is 35.5. The minimum atomic E-state index is -0.534. The number of hydrogen-bond donors (Lipinski definition) is 2. The summed E-state index contributed by atoms with van der Waals surface area (Å²) in [6, 6.07) is 17.8. The van der Waals surface area contributed by atoms with Crippen LogP contribution < -0.4 is 15.6 Å². The molecule has 0 bridgehead atoms. The molecule has 5 nitrogen and oxygen atoms in total. The maximum absolute atomic E-state index is 12.0. The summed E-state index contributed by atoms with van der Waals surface area (Å²) in [4.78, 5) is 23.8. The zero-order valence-electron chi connectivity index (χ0n) is 13.5. The van der Waals surface area contributed by atoms with Crippen molar-refractivity contribution in [2.75, 3.05) is 6.61 Å². The van der Waals surface area contributed by atoms with Crippen molar-refractivity contribution in [1.29, 1.82) is 0 Å². The van der Waals surface area contributed by atoms with Gasteiger partial charge >= 0.3 is 0 Å². The molecule has 3 aromatic rings. The lowest BCUT2D eigenvalue weighted by atomic mass is 10.1. The van der Waals surface area contributed by atoms with Crippen molar-refractivity contribution < 1.29 is 14.3 Å². The molecule has 0 fully saturated rings. The molecule has 0 aliphatic carbocycles. The number of amides is 2. The Hall–Kier alpha value is -2.76. The Bertz CT molecular complexity index is 956. The predicted molar refractivity (Wildman–Crippen MR) is 102 cm³/mol. The minimum Gasteiger partial charge on any atom is -0.484 e. The third-order valence-electron chi connectivity index (χ3n) is 3.53. The Labute approximate surface area is 159 Å². The zero-order valence-corrected chi connectivity index (χ0v) is 15.0. The van der Waals surface area contributed by atoms with E-state index >= 15 is 0 Å². The number of ether oxygens (including phenoxy) is 1. The number of hydrazine groups is 1. The van der Waals surface area contributed by atoms with Gasteiger partial charge in [-0.15, -0.1) is 0 Å². The van der Waals surface area contributed by atoms with Crippen LogP contribution in [-0.2, 0) is 4.79 Å². The summed E-state index contributed by atoms with van der Waals surface area (Å²) in [5.41, 5.74) is 4.80. The van der Waals surface area contributed by atoms with Crippen LogP contribution in [0.1, 0.15) is 10.4 Å². The number of carbonyl (C=O) groups is 2. The van der Waals surface area contributed by atoms with Crippen LogP contribution in [0, 0.1) is 0 Å². The van der Waals surface area contributed by atoms with Crippen LogP contribution in [0.25, 0.3) is 10.8 Å². The van der Waals surface area contributed by atoms with Gasteiger partial charge in [0.05, 0.1) is 0 Å². The van der Waals surface area contributed by atoms with Gasteiger partial charge in [-0.2, -0.15) is 0 Å². The topological polar surface area (TPSA) is 67.4 Å². The van der Waals surface area contributed by atoms with Crippen molar-refractivity contribution in [3.8, 4) is 5.75 Å². The molecule has 0 saturated heterocycles. The van der Waals surface area contributed by atoms with Crippen LogP contribution in [0.15, 0.2) is 60.7 Å². The highest BCUT2D eigenvalue weighted by Crippen LogP contribution is 2.20. The van der Waals surface area contributed by atoms with Crippen LogP contribution >= 0.6 is 23.2 Å². The summed E-state index contributed by atoms with van der Waals surface area (Å²) in [6.45, 7) is -0.241. The van der Waals surface area contributed by atoms with Gasteiger partial charge in [-0.05, 0) is 41.1 Å². The van der Waals surface area contributed by atoms with Crippen molar-refractivity contribution in [1.82, 2.24) is 10.9 Å². The van der Waals surface area contributed by atoms with E-state index in [1.165, 1.54) is 18.2 Å². The molecule has 3 rings (SSSR count). The molecule has 0 spiro atoms. The first-order valence-electron chi connectivity index (χ1n) is 7.68. The molecule has 0 atom stereocenters. The molecule has 7 heteroatoms. The average Bonchev–Trinajstić information content (AvgIpc) is 2.63. The second-order valence-electron chi connectivity index (χ2n) is 5.46. The molecule has 0 aliphatic heterocycles. The van der Waals surface area contributed by atoms with Gasteiger partial charge in [0, 0.05) is 15.6 Å². The van der Waals surface area contributed by atoms with E-state index in [9.17, 15) is 9.59 Å². The summed E-state index contributed by atoms with van der Waals surface area (Å²) < 4.78 is 5.45. The molecule has 0 radical (unpaired) electrons. The van der Waals surface area contributed by atoms with Gasteiger partial charge in [-0.1, -0.05) is 53.5 Å². The monoisotopic (exact) mass is 388 g/mol. The molecule has 132 valence electrons. The van der Waals surface area contributed by atoms with Crippen molar-refractivity contribution >= 4 is 45.8 Å². The zero-order chi connectivity index (χ0) is 18.5. The van der Waals surface area contributed by atoms with Crippen molar-refractivity contribution in [2.24, 2.45) is 0 Å². The SMILES string of the molecule is O=C(COc1ccc2ccccc2c1)NNC(=O)c1cc(Cl)cc(Cl)c1. The molecule has 0 heterocycles. The number of rotatable bonds is 4. The maximum Gasteiger partial charge on any atom is 0.276 e. The lowest BCUT2D eigenvalue weighted by Gasteiger charge is -2.10. The fourth-order valence-corrected chi connectivity index (χ4v) is 2.85. The van der Waals surface area contributed by atoms with Gasteiger partial charge in [-0.3, -0.25) is 20.4 Å². The fourth-order valence-electron chi connectivity index (χ4n) is 2.33. The summed E-state index contributed by atoms with van der Waals surface area (Å²) in [7, 11) is 0. The third-order valence-corrected chi connectivity index (χ3v) is 3.97. The van der Waals surface area contributed by atoms with E-state index in [4.69, 9.17) is 27.9 Å². The predicted octanol–water partition coefficient (Wildman–Crippen LogP) is 3.99. The highest BCUT2D eigenvalue weighted by molar-refractivity contribution is 6.35. The number of nitrogens with one attached hydrogen (secondary N) is 2. The largest absolute Gasteiger partial charge is 0.484 e. The molecule has 0 unspecified atom stereocenters. The summed E-state index contributed by atoms with van der Waals surface area (Å²) in [5.74, 6) is -0.472. The van der Waals surface area contributed by atoms with E-state index in [2.05, 4.69) is 10.9 Å². The maximum atomic E-state index is 12.0. The van der Waals surface area contributed by atoms with Gasteiger partial charge in [-0.25, -0.2) is 0 Å². The van der Waals surface area contributed by atoms with Crippen LogP contribution in [0.3, 0.4) is 0 Å². The smallest absolute Gasteiger partial charge is 0.276 e. The first kappa shape index (κ1) is 18.0. The first-order chi connectivity index (χ1) is 12.5. The number of fused-ring (bicyclic) bond motifs is 1. The van der Waals surface area contributed by atoms with Gasteiger partial charge < -0.3 is 4.74 Å². The van der Waals surface area contributed by atoms with Gasteiger partial charge in [0.25, 0.3) is 11.8 Å². The number of halogens is 2. The Morgan fingerprint density at radius 1 is 0.846 bits per heavy atom. The Kier molecular flexibility index (Phi) is 5.61. The summed E-state index contributed by atoms with van der Waals surface area (Å²) in [5, 5.41) is 2.75. The minimum absolute atomic E-state index is 0.234. The lowest BCUT2D eigenvalue weighted by Crippen LogP contribution is -2.43. The van der Waals surface area contributed by atoms with Crippen molar-refractivity contribution in [2.45, 2.75) is 0 Å². The van der Waals surface area contributed by atoms with Crippen molar-refractivity contribution in [3.05, 3.63) is 76.3 Å². The van der Waals surface area contributed by atoms with Crippen LogP contribution in [-0.4, -0.2) is 18.4 Å². The van der Waals surface area contributed by atoms with Gasteiger partial charge in [0.15, 0.2) is 6.61 Å². The molecule has 26 heavy (non-hydrogen) atoms. The second-order valence-corrected chi connectivity index (χ2v) is 6.33. The Balaban J connectivity index is 1.52. The number of benzene rings is 3. The van der Waals surface area contributed by atoms with E-state index < -0.39 is 11.8 Å². The molecule has 2 amide bonds. The van der Waals surface area contributed by atoms with Crippen molar-refractivity contribution in [3.63, 3.8) is 0 Å². The quantitative estimate of drug-likeness (QED) is 0.664. The Morgan fingerprint density at radius 2 is 1.54 bits per heavy atom. The molecule has 0 aromatic heterocycles. The summed E-state index contributed by atoms with van der Waals surface area (Å²) >= 11 is 11.7. The Morgan fingerprint density at radius 3 is 2.27 bits per heavy atom. The van der Waals surface area contributed by atoms with E-state index in [1.807, 2.05) is 36.4 Å². The average molecular weight is 389 g/mol. The van der Waals surface area contributed by atoms with Gasteiger partial charge in [0.1, 0.15) is 5.75 Å². The molecule has 0 saturated carbocycles. The number of hydrogen-bond acceptors (Lipinski definition) is 3. The normalized spacial score (nSPS) is 10.4. The molecule has 0 aliphatic rings. The van der Waals surface area contributed by atoms with Crippen LogP contribution in [0.2, 0.25) is 10.0 Å². The van der Waals surface area contributed by atoms with E-state index in [0.717, 1.165) is 10.8 Å². The van der Waals surface area contributed by atoms with E-state index in [0.29, 0.717) is 15.8 Å². The first-order valence-corrected chi connectivity index (χ1v) is 8.44.